The lowest BCUT2D eigenvalue weighted by molar-refractivity contribution is -0.222. The van der Waals surface area contributed by atoms with E-state index in [1.165, 1.54) is 0 Å². The van der Waals surface area contributed by atoms with Crippen molar-refractivity contribution in [3.05, 3.63) is 0 Å². The van der Waals surface area contributed by atoms with Gasteiger partial charge in [0.25, 0.3) is 0 Å². The maximum absolute atomic E-state index is 9.60. The molecule has 3 aliphatic rings. The van der Waals surface area contributed by atoms with Crippen molar-refractivity contribution < 1.29 is 19.3 Å². The Balaban J connectivity index is 1.70. The number of nitrogens with zero attached hydrogens (tertiary/aromatic N) is 1. The van der Waals surface area contributed by atoms with Crippen molar-refractivity contribution in [2.24, 2.45) is 0 Å². The molecule has 5 atom stereocenters. The predicted octanol–water partition coefficient (Wildman–Crippen LogP) is 0.714. The molecule has 3 heterocycles. The third kappa shape index (κ3) is 1.85. The van der Waals surface area contributed by atoms with Gasteiger partial charge in [0.15, 0.2) is 6.29 Å². The van der Waals surface area contributed by atoms with Crippen LogP contribution in [-0.2, 0) is 14.2 Å². The van der Waals surface area contributed by atoms with Crippen LogP contribution in [0.25, 0.3) is 0 Å². The molecular weight excluding hydrogens is 222 g/mol. The van der Waals surface area contributed by atoms with E-state index in [2.05, 4.69) is 6.07 Å². The molecule has 1 spiro atoms. The fourth-order valence-electron chi connectivity index (χ4n) is 3.15. The van der Waals surface area contributed by atoms with E-state index in [1.54, 1.807) is 0 Å². The molecule has 3 fully saturated rings. The van der Waals surface area contributed by atoms with Crippen LogP contribution in [0.15, 0.2) is 0 Å². The molecule has 0 saturated carbocycles. The van der Waals surface area contributed by atoms with Gasteiger partial charge in [0.05, 0.1) is 24.9 Å². The normalized spacial score (nSPS) is 48.5. The Labute approximate surface area is 100 Å². The van der Waals surface area contributed by atoms with E-state index in [-0.39, 0.29) is 23.9 Å². The Bertz CT molecular complexity index is 342. The van der Waals surface area contributed by atoms with Gasteiger partial charge in [-0.05, 0) is 19.3 Å². The molecule has 0 amide bonds. The van der Waals surface area contributed by atoms with Gasteiger partial charge in [0.1, 0.15) is 11.7 Å². The highest BCUT2D eigenvalue weighted by Gasteiger charge is 2.58. The summed E-state index contributed by atoms with van der Waals surface area (Å²) < 4.78 is 17.2. The van der Waals surface area contributed by atoms with Crippen LogP contribution >= 0.6 is 0 Å². The number of aliphatic hydroxyl groups is 1. The minimum absolute atomic E-state index is 0.0444. The van der Waals surface area contributed by atoms with Gasteiger partial charge < -0.3 is 19.3 Å². The number of rotatable bonds is 2. The number of hydrogen-bond donors (Lipinski definition) is 1. The second-order valence-corrected chi connectivity index (χ2v) is 5.15. The van der Waals surface area contributed by atoms with Gasteiger partial charge in [-0.15, -0.1) is 0 Å². The maximum atomic E-state index is 9.60. The molecule has 0 aliphatic carbocycles. The molecule has 2 unspecified atom stereocenters. The van der Waals surface area contributed by atoms with Crippen molar-refractivity contribution >= 4 is 0 Å². The number of hydrogen-bond acceptors (Lipinski definition) is 5. The fourth-order valence-corrected chi connectivity index (χ4v) is 3.15. The number of fused-ring (bicyclic) bond motifs is 1. The average molecular weight is 239 g/mol. The monoisotopic (exact) mass is 239 g/mol. The maximum Gasteiger partial charge on any atom is 0.181 e. The van der Waals surface area contributed by atoms with Crippen LogP contribution in [0.2, 0.25) is 0 Å². The molecule has 5 heteroatoms. The summed E-state index contributed by atoms with van der Waals surface area (Å²) in [5.41, 5.74) is -0.373. The number of nitriles is 1. The first-order valence-corrected chi connectivity index (χ1v) is 6.23. The summed E-state index contributed by atoms with van der Waals surface area (Å²) in [6, 6.07) is 2.15. The van der Waals surface area contributed by atoms with Crippen LogP contribution in [0, 0.1) is 11.3 Å². The Hall–Kier alpha value is -0.670. The van der Waals surface area contributed by atoms with Gasteiger partial charge in [-0.3, -0.25) is 0 Å². The third-order valence-corrected chi connectivity index (χ3v) is 4.02. The SMILES string of the molecule is N#CCC[C@H]1CC[C@@H]2OC3C[C@]2(COC3O)O1. The lowest BCUT2D eigenvalue weighted by Gasteiger charge is -2.42. The summed E-state index contributed by atoms with van der Waals surface area (Å²) in [6.45, 7) is 0.401. The zero-order valence-corrected chi connectivity index (χ0v) is 9.67. The Morgan fingerprint density at radius 2 is 2.29 bits per heavy atom. The first kappa shape index (κ1) is 11.4. The van der Waals surface area contributed by atoms with Gasteiger partial charge in [0.2, 0.25) is 0 Å². The standard InChI is InChI=1S/C12H17NO4/c13-5-1-2-8-3-4-10-12(17-8)6-9(16-10)11(14)15-7-12/h8-11,14H,1-4,6-7H2/t8-,9?,10-,11?,12+/m0/s1. The summed E-state index contributed by atoms with van der Waals surface area (Å²) in [6.07, 6.45) is 2.99. The van der Waals surface area contributed by atoms with Crippen LogP contribution in [0.4, 0.5) is 0 Å². The molecule has 17 heavy (non-hydrogen) atoms. The number of ether oxygens (including phenoxy) is 3. The molecule has 5 nitrogen and oxygen atoms in total. The Morgan fingerprint density at radius 1 is 1.41 bits per heavy atom. The molecule has 0 aromatic rings. The summed E-state index contributed by atoms with van der Waals surface area (Å²) in [5, 5.41) is 18.2. The highest BCUT2D eigenvalue weighted by Crippen LogP contribution is 2.46. The van der Waals surface area contributed by atoms with Gasteiger partial charge in [-0.1, -0.05) is 0 Å². The van der Waals surface area contributed by atoms with Crippen molar-refractivity contribution in [2.45, 2.75) is 62.3 Å². The fraction of sp³-hybridized carbons (Fsp3) is 0.917. The Kier molecular flexibility index (Phi) is 2.83. The van der Waals surface area contributed by atoms with Gasteiger partial charge >= 0.3 is 0 Å². The second-order valence-electron chi connectivity index (χ2n) is 5.15. The molecule has 0 aromatic heterocycles. The molecule has 3 rings (SSSR count). The molecule has 0 aromatic carbocycles. The van der Waals surface area contributed by atoms with Gasteiger partial charge in [-0.25, -0.2) is 0 Å². The van der Waals surface area contributed by atoms with Gasteiger partial charge in [-0.2, -0.15) is 5.26 Å². The summed E-state index contributed by atoms with van der Waals surface area (Å²) in [4.78, 5) is 0. The predicted molar refractivity (Wildman–Crippen MR) is 56.9 cm³/mol. The molecule has 1 N–H and O–H groups in total. The van der Waals surface area contributed by atoms with E-state index in [0.717, 1.165) is 19.3 Å². The lowest BCUT2D eigenvalue weighted by Crippen LogP contribution is -2.53. The first-order chi connectivity index (χ1) is 8.23. The van der Waals surface area contributed by atoms with Crippen molar-refractivity contribution in [1.82, 2.24) is 0 Å². The highest BCUT2D eigenvalue weighted by atomic mass is 16.7. The topological polar surface area (TPSA) is 71.7 Å². The quantitative estimate of drug-likeness (QED) is 0.768. The van der Waals surface area contributed by atoms with Crippen molar-refractivity contribution in [1.29, 1.82) is 5.26 Å². The minimum atomic E-state index is -0.813. The molecule has 2 bridgehead atoms. The minimum Gasteiger partial charge on any atom is -0.366 e. The Morgan fingerprint density at radius 3 is 3.12 bits per heavy atom. The van der Waals surface area contributed by atoms with Crippen LogP contribution in [0.3, 0.4) is 0 Å². The van der Waals surface area contributed by atoms with Crippen LogP contribution in [0.5, 0.6) is 0 Å². The smallest absolute Gasteiger partial charge is 0.181 e. The summed E-state index contributed by atoms with van der Waals surface area (Å²) in [5.74, 6) is 0. The molecule has 3 aliphatic heterocycles. The lowest BCUT2D eigenvalue weighted by atomic mass is 9.85. The average Bonchev–Trinajstić information content (AvgIpc) is 2.66. The van der Waals surface area contributed by atoms with E-state index in [9.17, 15) is 5.11 Å². The molecular formula is C12H17NO4. The van der Waals surface area contributed by atoms with Crippen LogP contribution < -0.4 is 0 Å². The molecule has 0 radical (unpaired) electrons. The van der Waals surface area contributed by atoms with E-state index >= 15 is 0 Å². The second kappa shape index (κ2) is 4.21. The zero-order valence-electron chi connectivity index (χ0n) is 9.67. The van der Waals surface area contributed by atoms with E-state index in [0.29, 0.717) is 19.4 Å². The third-order valence-electron chi connectivity index (χ3n) is 4.02. The van der Waals surface area contributed by atoms with Crippen LogP contribution in [-0.4, -0.2) is 41.9 Å². The van der Waals surface area contributed by atoms with E-state index in [1.807, 2.05) is 0 Å². The van der Waals surface area contributed by atoms with Gasteiger partial charge in [0, 0.05) is 12.8 Å². The first-order valence-electron chi connectivity index (χ1n) is 6.23. The molecule has 3 saturated heterocycles. The van der Waals surface area contributed by atoms with Crippen molar-refractivity contribution in [3.8, 4) is 6.07 Å². The van der Waals surface area contributed by atoms with E-state index in [4.69, 9.17) is 19.5 Å². The van der Waals surface area contributed by atoms with Crippen LogP contribution in [0.1, 0.15) is 32.1 Å². The largest absolute Gasteiger partial charge is 0.366 e. The number of aliphatic hydroxyl groups excluding tert-OH is 1. The van der Waals surface area contributed by atoms with Crippen molar-refractivity contribution in [3.63, 3.8) is 0 Å². The summed E-state index contributed by atoms with van der Waals surface area (Å²) >= 11 is 0. The van der Waals surface area contributed by atoms with Crippen molar-refractivity contribution in [2.75, 3.05) is 6.61 Å². The van der Waals surface area contributed by atoms with E-state index < -0.39 is 6.29 Å². The summed E-state index contributed by atoms with van der Waals surface area (Å²) in [7, 11) is 0. The zero-order chi connectivity index (χ0) is 11.9. The highest BCUT2D eigenvalue weighted by molar-refractivity contribution is 5.04. The molecule has 94 valence electrons.